The Labute approximate surface area is 619 Å². The van der Waals surface area contributed by atoms with E-state index >= 15 is 0 Å². The highest BCUT2D eigenvalue weighted by molar-refractivity contribution is 7.52. The Balaban J connectivity index is 0.000000177. The van der Waals surface area contributed by atoms with Gasteiger partial charge in [0.25, 0.3) is 11.8 Å². The van der Waals surface area contributed by atoms with Crippen LogP contribution < -0.4 is 23.7 Å². The largest absolute Gasteiger partial charge is 0.534 e. The minimum absolute atomic E-state index is 0.00865. The molecule has 0 N–H and O–H groups in total. The van der Waals surface area contributed by atoms with Gasteiger partial charge < -0.3 is 52.6 Å². The van der Waals surface area contributed by atoms with Crippen molar-refractivity contribution in [2.24, 2.45) is 0 Å². The number of nitrogens with zero attached hydrogens (tertiary/aromatic N) is 10. The third kappa shape index (κ3) is 22.5. The van der Waals surface area contributed by atoms with Gasteiger partial charge in [-0.1, -0.05) is 28.8 Å². The fraction of sp³-hybridized carbons (Fsp3) is 0.577. The van der Waals surface area contributed by atoms with E-state index in [2.05, 4.69) is 34.7 Å². The molecule has 8 aliphatic rings. The molecule has 7 aliphatic heterocycles. The Morgan fingerprint density at radius 3 is 1.16 bits per heavy atom. The summed E-state index contributed by atoms with van der Waals surface area (Å²) >= 11 is 4.53. The summed E-state index contributed by atoms with van der Waals surface area (Å²) in [7, 11) is 0. The van der Waals surface area contributed by atoms with Crippen molar-refractivity contribution in [2.75, 3.05) is 0 Å². The smallest absolute Gasteiger partial charge is 0.474 e. The second-order valence-electron chi connectivity index (χ2n) is 29.0. The van der Waals surface area contributed by atoms with Gasteiger partial charge in [-0.3, -0.25) is 19.2 Å². The zero-order chi connectivity index (χ0) is 76.8. The molecule has 6 unspecified atom stereocenters. The van der Waals surface area contributed by atoms with Crippen LogP contribution in [0.4, 0.5) is 23.2 Å². The number of aryl methyl sites for hydroxylation is 2. The topological polar surface area (TPSA) is 344 Å². The first-order valence-electron chi connectivity index (χ1n) is 34.5. The minimum Gasteiger partial charge on any atom is -0.474 e. The first-order chi connectivity index (χ1) is 49.6. The summed E-state index contributed by atoms with van der Waals surface area (Å²) in [6.45, 7) is 23.8. The van der Waals surface area contributed by atoms with Crippen LogP contribution in [-0.2, 0) is 56.6 Å². The standard InChI is InChI=1S/C24H30FN3O4.C21H24FN3O3.C17H24ClN3O3.C9H11NO5.2O2S/c1-14-6-9-20(19(25)10-14)31-22-15(2)21(26-13-27-22)30-18-11-16-7-8-17(12-18)28(16)23(29)32-24(3,4)5;1-12-4-7-19(18(22)8-12)28-21-13(2)20(23-11-24-21)27-17-9-15-5-6-16(10-17)25(15)14(3)26;1-10-14(18)19-9-20-15(10)23-13-7-11-5-6-12(8-13)21(11)16(22)24-17(2,3)4;1-9(4-5-9)14-8(13)15-10-6(11)2-3-7(10)12;2*1-3-2/h6,9-10,13,16-18H,7-8,11-12H2,1-5H3;4,7-8,11,15-17H,5-6,9-10H2,1-3H3;9,11-13H,5-8H2,1-4H3;2-5H2,1H3;;/t16-,17?,18?;15-,16?,17?;11-,12?,13?;;;/m000.../s1. The lowest BCUT2D eigenvalue weighted by molar-refractivity contribution is -0.179. The summed E-state index contributed by atoms with van der Waals surface area (Å²) in [4.78, 5) is 106. The van der Waals surface area contributed by atoms with Crippen LogP contribution in [0.3, 0.4) is 0 Å². The third-order valence-electron chi connectivity index (χ3n) is 18.5. The molecule has 0 radical (unpaired) electrons. The molecule has 9 atom stereocenters. The van der Waals surface area contributed by atoms with Gasteiger partial charge in [-0.15, -0.1) is 0 Å². The van der Waals surface area contributed by atoms with Crippen molar-refractivity contribution in [3.8, 4) is 40.9 Å². The van der Waals surface area contributed by atoms with E-state index in [9.17, 15) is 37.5 Å². The van der Waals surface area contributed by atoms with Crippen LogP contribution >= 0.6 is 11.6 Å². The van der Waals surface area contributed by atoms with Crippen LogP contribution in [0.1, 0.15) is 186 Å². The molecule has 34 heteroatoms. The van der Waals surface area contributed by atoms with E-state index < -0.39 is 69.5 Å². The minimum atomic E-state index is -0.987. The van der Waals surface area contributed by atoms with E-state index in [0.29, 0.717) is 51.8 Å². The summed E-state index contributed by atoms with van der Waals surface area (Å²) in [5.74, 6) is 0.393. The van der Waals surface area contributed by atoms with Crippen LogP contribution in [0.2, 0.25) is 5.15 Å². The maximum Gasteiger partial charge on any atom is 0.534 e. The van der Waals surface area contributed by atoms with Gasteiger partial charge in [0.2, 0.25) is 35.3 Å². The third-order valence-corrected chi connectivity index (χ3v) is 18.9. The number of rotatable bonds is 12. The number of hydrogen-bond donors (Lipinski definition) is 0. The molecule has 5 amide bonds. The number of imide groups is 1. The lowest BCUT2D eigenvalue weighted by atomic mass is 9.99. The van der Waals surface area contributed by atoms with E-state index in [-0.39, 0.29) is 109 Å². The molecular formula is C71H89ClF2N10O19S2. The van der Waals surface area contributed by atoms with Crippen molar-refractivity contribution in [2.45, 2.75) is 264 Å². The fourth-order valence-corrected chi connectivity index (χ4v) is 13.6. The first kappa shape index (κ1) is 81.6. The molecule has 5 aromatic rings. The Morgan fingerprint density at radius 1 is 0.514 bits per heavy atom. The number of piperidine rings is 3. The molecule has 7 saturated heterocycles. The van der Waals surface area contributed by atoms with Crippen molar-refractivity contribution in [3.63, 3.8) is 0 Å². The highest BCUT2D eigenvalue weighted by Crippen LogP contribution is 2.43. The highest BCUT2D eigenvalue weighted by Gasteiger charge is 2.49. The van der Waals surface area contributed by atoms with Gasteiger partial charge in [-0.2, -0.15) is 16.8 Å². The van der Waals surface area contributed by atoms with Crippen molar-refractivity contribution in [1.29, 1.82) is 0 Å². The van der Waals surface area contributed by atoms with Crippen molar-refractivity contribution in [3.05, 3.63) is 100.0 Å². The van der Waals surface area contributed by atoms with Gasteiger partial charge in [0.05, 0.1) is 11.1 Å². The van der Waals surface area contributed by atoms with Gasteiger partial charge in [0.1, 0.15) is 59.3 Å². The quantitative estimate of drug-likeness (QED) is 0.0484. The number of benzene rings is 2. The van der Waals surface area contributed by atoms with Crippen molar-refractivity contribution in [1.82, 2.24) is 49.7 Å². The second kappa shape index (κ2) is 35.8. The van der Waals surface area contributed by atoms with E-state index in [0.717, 1.165) is 93.7 Å². The predicted molar refractivity (Wildman–Crippen MR) is 372 cm³/mol. The number of carbonyl (C=O) groups excluding carboxylic acids is 6. The molecule has 6 bridgehead atoms. The Bertz CT molecular complexity index is 3980. The molecule has 105 heavy (non-hydrogen) atoms. The molecule has 8 fully saturated rings. The van der Waals surface area contributed by atoms with E-state index in [1.165, 1.54) is 31.1 Å². The number of amides is 5. The lowest BCUT2D eigenvalue weighted by Gasteiger charge is -2.39. The molecule has 29 nitrogen and oxygen atoms in total. The number of carbonyl (C=O) groups is 6. The van der Waals surface area contributed by atoms with Crippen LogP contribution in [-0.4, -0.2) is 174 Å². The van der Waals surface area contributed by atoms with Gasteiger partial charge >= 0.3 is 41.5 Å². The van der Waals surface area contributed by atoms with Crippen molar-refractivity contribution >= 4 is 70.8 Å². The number of hydrogen-bond acceptors (Lipinski definition) is 25. The molecular weight excluding hydrogens is 1430 g/mol. The van der Waals surface area contributed by atoms with E-state index in [4.69, 9.17) is 66.3 Å². The number of halogens is 3. The summed E-state index contributed by atoms with van der Waals surface area (Å²) in [6.07, 6.45) is 14.9. The summed E-state index contributed by atoms with van der Waals surface area (Å²) in [6, 6.07) is 10.6. The lowest BCUT2D eigenvalue weighted by Crippen LogP contribution is -2.50. The van der Waals surface area contributed by atoms with Gasteiger partial charge in [-0.05, 0) is 170 Å². The molecule has 0 spiro atoms. The average molecular weight is 1520 g/mol. The summed E-state index contributed by atoms with van der Waals surface area (Å²) < 4.78 is 107. The van der Waals surface area contributed by atoms with Crippen LogP contribution in [0, 0.1) is 46.3 Å². The summed E-state index contributed by atoms with van der Waals surface area (Å²) in [5, 5.41) is 0.891. The molecule has 1 aliphatic carbocycles. The zero-order valence-corrected chi connectivity index (χ0v) is 63.3. The van der Waals surface area contributed by atoms with E-state index in [1.54, 1.807) is 52.0 Å². The average Bonchev–Trinajstić information content (AvgIpc) is 1.55. The normalized spacial score (nSPS) is 22.7. The molecule has 1 saturated carbocycles. The monoisotopic (exact) mass is 1520 g/mol. The van der Waals surface area contributed by atoms with Crippen LogP contribution in [0.15, 0.2) is 55.4 Å². The maximum absolute atomic E-state index is 14.2. The second-order valence-corrected chi connectivity index (χ2v) is 29.6. The van der Waals surface area contributed by atoms with Crippen LogP contribution in [0.5, 0.6) is 40.9 Å². The molecule has 10 heterocycles. The SMILES string of the molecule is CC(=O)N1C2CC[C@H]1CC(Oc1ncnc(Oc3ccc(C)cc3F)c1C)C2.CC1(OC(=O)ON2C(=O)CCC2=O)CC1.Cc1c(Cl)ncnc1OC1CC2CC[C@@H](C1)N2C(=O)OC(C)(C)C.Cc1ccc(Oc2ncnc(OC3CC4CC[C@@H](C3)N4C(=O)OC(C)(C)C)c2C)c(F)c1.O=S=O.O=S=O. The predicted octanol–water partition coefficient (Wildman–Crippen LogP) is 12.4. The molecule has 570 valence electrons. The molecule has 3 aromatic heterocycles. The van der Waals surface area contributed by atoms with Gasteiger partial charge in [-0.25, -0.2) is 53.1 Å². The number of ether oxygens (including phenoxy) is 8. The van der Waals surface area contributed by atoms with Crippen molar-refractivity contribution < 1.29 is 97.1 Å². The van der Waals surface area contributed by atoms with Gasteiger partial charge in [0, 0.05) is 100 Å². The van der Waals surface area contributed by atoms with Crippen LogP contribution in [0.25, 0.3) is 0 Å². The molecule has 2 aromatic carbocycles. The van der Waals surface area contributed by atoms with E-state index in [1.807, 2.05) is 77.0 Å². The Hall–Kier alpha value is -9.11. The number of hydroxylamine groups is 2. The molecule has 13 rings (SSSR count). The number of fused-ring (bicyclic) bond motifs is 6. The Kier molecular flexibility index (Phi) is 27.8. The fourth-order valence-electron chi connectivity index (χ4n) is 13.5. The highest BCUT2D eigenvalue weighted by atomic mass is 35.5. The summed E-state index contributed by atoms with van der Waals surface area (Å²) in [5.41, 5.74) is 2.15. The maximum atomic E-state index is 14.2. The zero-order valence-electron chi connectivity index (χ0n) is 60.9. The number of aromatic nitrogens is 6. The first-order valence-corrected chi connectivity index (χ1v) is 36.2. The Morgan fingerprint density at radius 2 is 0.838 bits per heavy atom. The van der Waals surface area contributed by atoms with Gasteiger partial charge in [0.15, 0.2) is 23.1 Å².